The third kappa shape index (κ3) is 2.76. The van der Waals surface area contributed by atoms with Gasteiger partial charge in [0.25, 0.3) is 0 Å². The fraction of sp³-hybridized carbons (Fsp3) is 0.227. The Bertz CT molecular complexity index is 1090. The number of methoxy groups -OCH3 is 2. The molecule has 5 nitrogen and oxygen atoms in total. The second kappa shape index (κ2) is 6.50. The summed E-state index contributed by atoms with van der Waals surface area (Å²) in [6.45, 7) is 5.89. The van der Waals surface area contributed by atoms with Crippen LogP contribution in [-0.2, 0) is 6.42 Å². The molecule has 2 heterocycles. The molecule has 138 valence electrons. The molecule has 1 aromatic heterocycles. The summed E-state index contributed by atoms with van der Waals surface area (Å²) in [6.07, 6.45) is 1.97. The number of hydrogen-bond acceptors (Lipinski definition) is 5. The van der Waals surface area contributed by atoms with Gasteiger partial charge in [0.15, 0.2) is 0 Å². The fourth-order valence-electron chi connectivity index (χ4n) is 3.42. The summed E-state index contributed by atoms with van der Waals surface area (Å²) in [6, 6.07) is 9.04. The predicted molar refractivity (Wildman–Crippen MR) is 104 cm³/mol. The third-order valence-corrected chi connectivity index (χ3v) is 4.90. The second-order valence-electron chi connectivity index (χ2n) is 6.62. The van der Waals surface area contributed by atoms with Gasteiger partial charge in [-0.25, -0.2) is 0 Å². The lowest BCUT2D eigenvalue weighted by molar-refractivity contribution is 0.271. The van der Waals surface area contributed by atoms with Gasteiger partial charge < -0.3 is 18.6 Å². The molecule has 0 saturated carbocycles. The van der Waals surface area contributed by atoms with Gasteiger partial charge in [0.1, 0.15) is 40.6 Å². The minimum atomic E-state index is -0.139. The molecule has 0 fully saturated rings. The Labute approximate surface area is 156 Å². The Kier molecular flexibility index (Phi) is 4.15. The molecule has 0 aliphatic carbocycles. The maximum Gasteiger partial charge on any atom is 0.204 e. The van der Waals surface area contributed by atoms with E-state index in [4.69, 9.17) is 18.6 Å². The van der Waals surface area contributed by atoms with E-state index >= 15 is 0 Å². The van der Waals surface area contributed by atoms with Crippen molar-refractivity contribution in [3.8, 4) is 28.4 Å². The van der Waals surface area contributed by atoms with E-state index in [1.807, 2.05) is 31.2 Å². The van der Waals surface area contributed by atoms with Crippen molar-refractivity contribution in [1.82, 2.24) is 0 Å². The van der Waals surface area contributed by atoms with Crippen molar-refractivity contribution < 1.29 is 18.6 Å². The summed E-state index contributed by atoms with van der Waals surface area (Å²) < 4.78 is 22.5. The van der Waals surface area contributed by atoms with Crippen molar-refractivity contribution in [3.63, 3.8) is 0 Å². The normalized spacial score (nSPS) is 15.3. The van der Waals surface area contributed by atoms with Crippen molar-refractivity contribution in [2.75, 3.05) is 14.2 Å². The Hall–Kier alpha value is -3.21. The van der Waals surface area contributed by atoms with Crippen molar-refractivity contribution in [1.29, 1.82) is 0 Å². The Morgan fingerprint density at radius 2 is 1.93 bits per heavy atom. The number of hydrogen-bond donors (Lipinski definition) is 0. The van der Waals surface area contributed by atoms with E-state index < -0.39 is 0 Å². The molecule has 1 atom stereocenters. The number of rotatable bonds is 4. The zero-order valence-electron chi connectivity index (χ0n) is 15.5. The molecule has 0 radical (unpaired) electrons. The highest BCUT2D eigenvalue weighted by atomic mass is 16.5. The van der Waals surface area contributed by atoms with Crippen molar-refractivity contribution >= 4 is 11.0 Å². The smallest absolute Gasteiger partial charge is 0.204 e. The molecule has 0 N–H and O–H groups in total. The summed E-state index contributed by atoms with van der Waals surface area (Å²) >= 11 is 0. The molecule has 2 aromatic carbocycles. The molecule has 0 amide bonds. The third-order valence-electron chi connectivity index (χ3n) is 4.90. The highest BCUT2D eigenvalue weighted by Crippen LogP contribution is 2.42. The van der Waals surface area contributed by atoms with Crippen LogP contribution >= 0.6 is 0 Å². The van der Waals surface area contributed by atoms with E-state index in [0.29, 0.717) is 34.5 Å². The average molecular weight is 364 g/mol. The van der Waals surface area contributed by atoms with Gasteiger partial charge >= 0.3 is 0 Å². The summed E-state index contributed by atoms with van der Waals surface area (Å²) in [5.74, 6) is 1.91. The lowest BCUT2D eigenvalue weighted by Crippen LogP contribution is -2.13. The predicted octanol–water partition coefficient (Wildman–Crippen LogP) is 4.36. The summed E-state index contributed by atoms with van der Waals surface area (Å²) in [4.78, 5) is 13.2. The van der Waals surface area contributed by atoms with Gasteiger partial charge in [-0.1, -0.05) is 18.7 Å². The van der Waals surface area contributed by atoms with Gasteiger partial charge in [-0.2, -0.15) is 0 Å². The highest BCUT2D eigenvalue weighted by molar-refractivity contribution is 5.90. The zero-order valence-corrected chi connectivity index (χ0v) is 15.5. The Morgan fingerprint density at radius 3 is 2.56 bits per heavy atom. The maximum absolute atomic E-state index is 13.2. The summed E-state index contributed by atoms with van der Waals surface area (Å²) in [7, 11) is 3.16. The van der Waals surface area contributed by atoms with E-state index in [2.05, 4.69) is 6.58 Å². The van der Waals surface area contributed by atoms with Crippen LogP contribution in [0.3, 0.4) is 0 Å². The quantitative estimate of drug-likeness (QED) is 0.644. The van der Waals surface area contributed by atoms with Crippen LogP contribution in [0.4, 0.5) is 0 Å². The first-order chi connectivity index (χ1) is 13.0. The lowest BCUT2D eigenvalue weighted by Gasteiger charge is -2.11. The van der Waals surface area contributed by atoms with Crippen LogP contribution in [0.1, 0.15) is 12.5 Å². The van der Waals surface area contributed by atoms with Gasteiger partial charge in [0, 0.05) is 18.1 Å². The summed E-state index contributed by atoms with van der Waals surface area (Å²) in [5, 5.41) is 0.426. The van der Waals surface area contributed by atoms with E-state index in [-0.39, 0.29) is 11.5 Å². The molecule has 0 bridgehead atoms. The maximum atomic E-state index is 13.2. The second-order valence-corrected chi connectivity index (χ2v) is 6.62. The fourth-order valence-corrected chi connectivity index (χ4v) is 3.42. The zero-order chi connectivity index (χ0) is 19.1. The Balaban J connectivity index is 1.92. The van der Waals surface area contributed by atoms with E-state index in [1.165, 1.54) is 6.26 Å². The first kappa shape index (κ1) is 17.2. The molecule has 0 unspecified atom stereocenters. The first-order valence-electron chi connectivity index (χ1n) is 8.65. The lowest BCUT2D eigenvalue weighted by atomic mass is 10.0. The molecule has 1 aliphatic rings. The monoisotopic (exact) mass is 364 g/mol. The minimum absolute atomic E-state index is 0.123. The van der Waals surface area contributed by atoms with Crippen molar-refractivity contribution in [3.05, 3.63) is 64.5 Å². The van der Waals surface area contributed by atoms with Gasteiger partial charge in [-0.05, 0) is 30.2 Å². The van der Waals surface area contributed by atoms with Crippen LogP contribution in [0.25, 0.3) is 22.1 Å². The molecular weight excluding hydrogens is 344 g/mol. The molecule has 5 heteroatoms. The van der Waals surface area contributed by atoms with E-state index in [9.17, 15) is 4.79 Å². The van der Waals surface area contributed by atoms with Crippen LogP contribution in [-0.4, -0.2) is 20.3 Å². The van der Waals surface area contributed by atoms with E-state index in [0.717, 1.165) is 22.4 Å². The molecular formula is C22H20O5. The first-order valence-corrected chi connectivity index (χ1v) is 8.65. The minimum Gasteiger partial charge on any atom is -0.497 e. The number of benzene rings is 2. The SMILES string of the molecule is C=C(C)[C@@H]1Cc2c(cc3occ(-c4ccc(OC)cc4)c(=O)c3c2OC)O1. The molecule has 1 aliphatic heterocycles. The van der Waals surface area contributed by atoms with Crippen LogP contribution in [0.5, 0.6) is 17.2 Å². The molecule has 0 saturated heterocycles. The van der Waals surface area contributed by atoms with Crippen LogP contribution in [0.2, 0.25) is 0 Å². The van der Waals surface area contributed by atoms with Crippen LogP contribution in [0.15, 0.2) is 58.0 Å². The highest BCUT2D eigenvalue weighted by Gasteiger charge is 2.30. The molecule has 27 heavy (non-hydrogen) atoms. The number of fused-ring (bicyclic) bond motifs is 2. The summed E-state index contributed by atoms with van der Waals surface area (Å²) in [5.41, 5.74) is 3.33. The molecule has 4 rings (SSSR count). The van der Waals surface area contributed by atoms with Crippen LogP contribution < -0.4 is 19.6 Å². The topological polar surface area (TPSA) is 57.9 Å². The standard InChI is InChI=1S/C22H20O5/c1-12(2)17-9-15-18(27-17)10-19-20(22(15)25-4)21(23)16(11-26-19)13-5-7-14(24-3)8-6-13/h5-8,10-11,17H,1,9H2,2-4H3/t17-/m0/s1. The van der Waals surface area contributed by atoms with Gasteiger partial charge in [-0.15, -0.1) is 0 Å². The largest absolute Gasteiger partial charge is 0.497 e. The average Bonchev–Trinajstić information content (AvgIpc) is 3.11. The Morgan fingerprint density at radius 1 is 1.19 bits per heavy atom. The molecule has 3 aromatic rings. The van der Waals surface area contributed by atoms with Crippen LogP contribution in [0, 0.1) is 0 Å². The van der Waals surface area contributed by atoms with Gasteiger partial charge in [0.2, 0.25) is 5.43 Å². The van der Waals surface area contributed by atoms with Crippen molar-refractivity contribution in [2.24, 2.45) is 0 Å². The van der Waals surface area contributed by atoms with Crippen molar-refractivity contribution in [2.45, 2.75) is 19.4 Å². The van der Waals surface area contributed by atoms with Gasteiger partial charge in [0.05, 0.1) is 19.8 Å². The van der Waals surface area contributed by atoms with E-state index in [1.54, 1.807) is 20.3 Å². The van der Waals surface area contributed by atoms with Gasteiger partial charge in [-0.3, -0.25) is 4.79 Å². The number of ether oxygens (including phenoxy) is 3. The molecule has 0 spiro atoms.